The van der Waals surface area contributed by atoms with Gasteiger partial charge in [0.1, 0.15) is 24.9 Å². The molecular formula is C54H100O11. The molecule has 0 spiro atoms. The first-order valence-corrected chi connectivity index (χ1v) is 27.2. The van der Waals surface area contributed by atoms with Crippen molar-refractivity contribution < 1.29 is 53.8 Å². The number of hydrogen-bond acceptors (Lipinski definition) is 10. The van der Waals surface area contributed by atoms with Crippen LogP contribution in [0.5, 0.6) is 0 Å². The van der Waals surface area contributed by atoms with E-state index in [-0.39, 0.29) is 26.1 Å². The lowest BCUT2D eigenvalue weighted by Crippen LogP contribution is -2.60. The highest BCUT2D eigenvalue weighted by atomic mass is 16.7. The van der Waals surface area contributed by atoms with Gasteiger partial charge in [-0.2, -0.15) is 0 Å². The van der Waals surface area contributed by atoms with E-state index in [1.54, 1.807) is 0 Å². The van der Waals surface area contributed by atoms with Crippen LogP contribution < -0.4 is 0 Å². The Bertz CT molecular complexity index is 1130. The fourth-order valence-electron chi connectivity index (χ4n) is 8.58. The van der Waals surface area contributed by atoms with Crippen LogP contribution in [0.3, 0.4) is 0 Å². The summed E-state index contributed by atoms with van der Waals surface area (Å²) in [5.41, 5.74) is 0. The van der Waals surface area contributed by atoms with Gasteiger partial charge in [0, 0.05) is 12.8 Å². The summed E-state index contributed by atoms with van der Waals surface area (Å²) in [4.78, 5) is 37.0. The Morgan fingerprint density at radius 1 is 0.462 bits per heavy atom. The van der Waals surface area contributed by atoms with E-state index < -0.39 is 54.7 Å². The van der Waals surface area contributed by atoms with Crippen molar-refractivity contribution in [1.29, 1.82) is 0 Å². The zero-order chi connectivity index (χ0) is 47.4. The van der Waals surface area contributed by atoms with E-state index >= 15 is 0 Å². The smallest absolute Gasteiger partial charge is 0.335 e. The second kappa shape index (κ2) is 44.5. The van der Waals surface area contributed by atoms with Crippen LogP contribution in [0.25, 0.3) is 0 Å². The third-order valence-electron chi connectivity index (χ3n) is 12.9. The zero-order valence-corrected chi connectivity index (χ0v) is 41.8. The van der Waals surface area contributed by atoms with Crippen molar-refractivity contribution in [3.8, 4) is 0 Å². The van der Waals surface area contributed by atoms with Crippen molar-refractivity contribution in [1.82, 2.24) is 0 Å². The molecule has 0 aromatic heterocycles. The first kappa shape index (κ1) is 61.0. The number of ether oxygens (including phenoxy) is 4. The van der Waals surface area contributed by atoms with E-state index in [4.69, 9.17) is 18.9 Å². The number of carboxylic acid groups (broad SMARTS) is 1. The lowest BCUT2D eigenvalue weighted by molar-refractivity contribution is -0.298. The number of unbranched alkanes of at least 4 members (excludes halogenated alkanes) is 34. The summed E-state index contributed by atoms with van der Waals surface area (Å²) in [6, 6.07) is 0. The Morgan fingerprint density at radius 3 is 1.20 bits per heavy atom. The van der Waals surface area contributed by atoms with Gasteiger partial charge in [-0.05, 0) is 38.5 Å². The monoisotopic (exact) mass is 925 g/mol. The van der Waals surface area contributed by atoms with E-state index in [0.717, 1.165) is 38.5 Å². The van der Waals surface area contributed by atoms with Gasteiger partial charge in [-0.15, -0.1) is 0 Å². The minimum atomic E-state index is -1.86. The van der Waals surface area contributed by atoms with Gasteiger partial charge in [-0.25, -0.2) is 4.79 Å². The normalized spacial score (nSPS) is 19.2. The first-order chi connectivity index (χ1) is 31.7. The summed E-state index contributed by atoms with van der Waals surface area (Å²) in [5.74, 6) is -2.42. The quantitative estimate of drug-likeness (QED) is 0.0260. The van der Waals surface area contributed by atoms with Crippen molar-refractivity contribution in [3.05, 3.63) is 12.2 Å². The van der Waals surface area contributed by atoms with Crippen molar-refractivity contribution in [3.63, 3.8) is 0 Å². The van der Waals surface area contributed by atoms with Gasteiger partial charge in [-0.3, -0.25) is 9.59 Å². The van der Waals surface area contributed by atoms with Crippen LogP contribution in [0.4, 0.5) is 0 Å². The molecule has 0 aromatic rings. The van der Waals surface area contributed by atoms with Crippen molar-refractivity contribution in [2.45, 2.75) is 301 Å². The highest BCUT2D eigenvalue weighted by Gasteiger charge is 2.47. The first-order valence-electron chi connectivity index (χ1n) is 27.2. The molecule has 6 unspecified atom stereocenters. The molecule has 0 bridgehead atoms. The molecule has 1 aliphatic rings. The predicted molar refractivity (Wildman–Crippen MR) is 262 cm³/mol. The van der Waals surface area contributed by atoms with Gasteiger partial charge >= 0.3 is 17.9 Å². The van der Waals surface area contributed by atoms with Crippen LogP contribution in [-0.2, 0) is 33.3 Å². The van der Waals surface area contributed by atoms with Crippen LogP contribution >= 0.6 is 0 Å². The standard InChI is InChI=1S/C54H100O11/c1-3-5-7-9-11-13-15-17-19-21-23-24-25-27-28-30-32-34-36-38-40-42-47(55)62-44-46(45-63-54-51(59)49(57)50(58)52(65-54)53(60)61)64-48(56)43-41-39-37-35-33-31-29-26-22-20-18-16-14-12-10-8-6-4-2/h21,23,46,49-52,54,57-59H,3-20,22,24-45H2,1-2H3,(H,60,61)/b23-21-. The number of carboxylic acids is 1. The van der Waals surface area contributed by atoms with Crippen LogP contribution in [0.2, 0.25) is 0 Å². The summed E-state index contributed by atoms with van der Waals surface area (Å²) in [6.45, 7) is 3.86. The molecule has 11 nitrogen and oxygen atoms in total. The van der Waals surface area contributed by atoms with Gasteiger partial charge < -0.3 is 39.4 Å². The number of carbonyl (C=O) groups is 3. The number of hydrogen-bond donors (Lipinski definition) is 4. The predicted octanol–water partition coefficient (Wildman–Crippen LogP) is 13.2. The molecule has 0 aromatic carbocycles. The Balaban J connectivity index is 2.26. The van der Waals surface area contributed by atoms with Crippen molar-refractivity contribution in [2.24, 2.45) is 0 Å². The minimum Gasteiger partial charge on any atom is -0.479 e. The number of aliphatic hydroxyl groups excluding tert-OH is 3. The third-order valence-corrected chi connectivity index (χ3v) is 12.9. The van der Waals surface area contributed by atoms with E-state index in [0.29, 0.717) is 12.8 Å². The molecule has 0 radical (unpaired) electrons. The molecule has 4 N–H and O–H groups in total. The fraction of sp³-hybridized carbons (Fsp3) is 0.907. The number of rotatable bonds is 47. The van der Waals surface area contributed by atoms with E-state index in [2.05, 4.69) is 26.0 Å². The zero-order valence-electron chi connectivity index (χ0n) is 41.8. The maximum atomic E-state index is 12.8. The largest absolute Gasteiger partial charge is 0.479 e. The number of aliphatic carboxylic acids is 1. The average Bonchev–Trinajstić information content (AvgIpc) is 3.29. The highest BCUT2D eigenvalue weighted by molar-refractivity contribution is 5.73. The van der Waals surface area contributed by atoms with E-state index in [1.165, 1.54) is 186 Å². The second-order valence-electron chi connectivity index (χ2n) is 19.1. The van der Waals surface area contributed by atoms with Crippen molar-refractivity contribution in [2.75, 3.05) is 13.2 Å². The SMILES string of the molecule is CCCCCCCCCC/C=C\CCCCCCCCCCCC(=O)OCC(COC1OC(C(=O)O)C(O)C(O)C1O)OC(=O)CCCCCCCCCCCCCCCCCCCC. The molecule has 1 saturated heterocycles. The minimum absolute atomic E-state index is 0.189. The molecule has 0 saturated carbocycles. The van der Waals surface area contributed by atoms with Crippen LogP contribution in [0.1, 0.15) is 264 Å². The molecular weight excluding hydrogens is 825 g/mol. The van der Waals surface area contributed by atoms with Gasteiger partial charge in [-0.1, -0.05) is 225 Å². The highest BCUT2D eigenvalue weighted by Crippen LogP contribution is 2.23. The summed E-state index contributed by atoms with van der Waals surface area (Å²) in [7, 11) is 0. The summed E-state index contributed by atoms with van der Waals surface area (Å²) in [6.07, 6.45) is 41.2. The van der Waals surface area contributed by atoms with Gasteiger partial charge in [0.2, 0.25) is 0 Å². The Labute approximate surface area is 397 Å². The third kappa shape index (κ3) is 35.7. The molecule has 382 valence electrons. The van der Waals surface area contributed by atoms with E-state index in [9.17, 15) is 34.8 Å². The summed E-state index contributed by atoms with van der Waals surface area (Å²) >= 11 is 0. The summed E-state index contributed by atoms with van der Waals surface area (Å²) < 4.78 is 21.9. The molecule has 0 amide bonds. The molecule has 11 heteroatoms. The number of esters is 2. The Kier molecular flexibility index (Phi) is 41.7. The molecule has 1 aliphatic heterocycles. The van der Waals surface area contributed by atoms with Crippen LogP contribution in [0.15, 0.2) is 12.2 Å². The average molecular weight is 925 g/mol. The topological polar surface area (TPSA) is 169 Å². The molecule has 6 atom stereocenters. The molecule has 1 rings (SSSR count). The van der Waals surface area contributed by atoms with Gasteiger partial charge in [0.25, 0.3) is 0 Å². The molecule has 0 aliphatic carbocycles. The molecule has 65 heavy (non-hydrogen) atoms. The fourth-order valence-corrected chi connectivity index (χ4v) is 8.58. The maximum Gasteiger partial charge on any atom is 0.335 e. The van der Waals surface area contributed by atoms with Crippen LogP contribution in [-0.4, -0.2) is 88.4 Å². The lowest BCUT2D eigenvalue weighted by Gasteiger charge is -2.38. The number of allylic oxidation sites excluding steroid dienone is 2. The molecule has 1 heterocycles. The molecule has 1 fully saturated rings. The van der Waals surface area contributed by atoms with Gasteiger partial charge in [0.15, 0.2) is 18.5 Å². The van der Waals surface area contributed by atoms with E-state index in [1.807, 2.05) is 0 Å². The number of aliphatic hydroxyl groups is 3. The summed E-state index contributed by atoms with van der Waals surface area (Å²) in [5, 5.41) is 40.0. The maximum absolute atomic E-state index is 12.8. The van der Waals surface area contributed by atoms with Gasteiger partial charge in [0.05, 0.1) is 6.61 Å². The van der Waals surface area contributed by atoms with Crippen LogP contribution in [0, 0.1) is 0 Å². The van der Waals surface area contributed by atoms with Crippen molar-refractivity contribution >= 4 is 17.9 Å². The lowest BCUT2D eigenvalue weighted by atomic mass is 9.99. The second-order valence-corrected chi connectivity index (χ2v) is 19.1. The Hall–Kier alpha value is -2.05. The number of carbonyl (C=O) groups excluding carboxylic acids is 2. The Morgan fingerprint density at radius 2 is 0.815 bits per heavy atom.